The summed E-state index contributed by atoms with van der Waals surface area (Å²) >= 11 is 0. The number of carbonyl (C=O) groups is 2. The number of amides is 1. The number of likely N-dealkylation sites (tertiary alicyclic amines) is 1. The van der Waals surface area contributed by atoms with Crippen LogP contribution in [0.1, 0.15) is 68.8 Å². The molecule has 1 fully saturated rings. The van der Waals surface area contributed by atoms with Crippen LogP contribution in [0.4, 0.5) is 4.39 Å². The minimum Gasteiger partial charge on any atom is -0.342 e. The van der Waals surface area contributed by atoms with E-state index in [9.17, 15) is 22.4 Å². The molecule has 0 bridgehead atoms. The number of nitrogens with one attached hydrogen (secondary N) is 2. The molecule has 0 spiro atoms. The fourth-order valence-corrected chi connectivity index (χ4v) is 6.50. The molecule has 0 radical (unpaired) electrons. The third kappa shape index (κ3) is 7.63. The summed E-state index contributed by atoms with van der Waals surface area (Å²) < 4.78 is 43.1. The van der Waals surface area contributed by atoms with Crippen molar-refractivity contribution in [3.63, 3.8) is 0 Å². The molecule has 0 unspecified atom stereocenters. The summed E-state index contributed by atoms with van der Waals surface area (Å²) in [6.45, 7) is 6.16. The first-order valence-corrected chi connectivity index (χ1v) is 15.3. The third-order valence-electron chi connectivity index (χ3n) is 7.40. The van der Waals surface area contributed by atoms with E-state index < -0.39 is 27.8 Å². The van der Waals surface area contributed by atoms with Crippen molar-refractivity contribution in [1.29, 1.82) is 0 Å². The second kappa shape index (κ2) is 12.9. The number of piperidine rings is 1. The number of hydrogen-bond donors (Lipinski definition) is 2. The zero-order chi connectivity index (χ0) is 28.9. The molecule has 1 saturated heterocycles. The molecular formula is C30H37FN4O4S. The number of ketones is 1. The molecule has 2 aromatic carbocycles. The Morgan fingerprint density at radius 3 is 2.60 bits per heavy atom. The minimum atomic E-state index is -3.92. The number of nitrogens with zero attached hydrogens (tertiary/aromatic N) is 2. The summed E-state index contributed by atoms with van der Waals surface area (Å²) in [7, 11) is -3.92. The highest BCUT2D eigenvalue weighted by Gasteiger charge is 2.32. The largest absolute Gasteiger partial charge is 0.342 e. The predicted octanol–water partition coefficient (Wildman–Crippen LogP) is 4.87. The Hall–Kier alpha value is -3.37. The molecule has 0 saturated carbocycles. The standard InChI is InChI=1S/C30H37FN4O4S/c1-20-12-13-24(25(31)15-20)27-18-32-30(33-27)21(2)16-28(36)26(17-29(37)35-14-8-7-9-22(35)3)34-40(38,39)19-23-10-5-4-6-11-23/h4-6,10-13,15,18,21-22,26,34H,7-9,14,16-17,19H2,1-3H3,(H,32,33)/t21-,22+,26+/m1/s1. The van der Waals surface area contributed by atoms with Gasteiger partial charge in [-0.15, -0.1) is 0 Å². The van der Waals surface area contributed by atoms with E-state index >= 15 is 0 Å². The van der Waals surface area contributed by atoms with Gasteiger partial charge in [0.1, 0.15) is 11.6 Å². The highest BCUT2D eigenvalue weighted by molar-refractivity contribution is 7.88. The first-order chi connectivity index (χ1) is 19.0. The molecule has 1 aromatic heterocycles. The Labute approximate surface area is 235 Å². The van der Waals surface area contributed by atoms with Crippen molar-refractivity contribution in [2.45, 2.75) is 76.6 Å². The molecule has 10 heteroatoms. The van der Waals surface area contributed by atoms with Gasteiger partial charge >= 0.3 is 0 Å². The van der Waals surface area contributed by atoms with Crippen molar-refractivity contribution >= 4 is 21.7 Å². The van der Waals surface area contributed by atoms with Gasteiger partial charge in [0.25, 0.3) is 0 Å². The lowest BCUT2D eigenvalue weighted by Crippen LogP contribution is -2.48. The first-order valence-electron chi connectivity index (χ1n) is 13.7. The maximum Gasteiger partial charge on any atom is 0.224 e. The van der Waals surface area contributed by atoms with E-state index in [-0.39, 0.29) is 36.4 Å². The van der Waals surface area contributed by atoms with Crippen LogP contribution in [0.15, 0.2) is 54.7 Å². The normalized spacial score (nSPS) is 17.4. The maximum atomic E-state index is 14.5. The van der Waals surface area contributed by atoms with Gasteiger partial charge in [-0.2, -0.15) is 0 Å². The molecule has 1 aliphatic rings. The zero-order valence-electron chi connectivity index (χ0n) is 23.2. The van der Waals surface area contributed by atoms with E-state index in [0.29, 0.717) is 29.2 Å². The van der Waals surface area contributed by atoms with Crippen LogP contribution in [0, 0.1) is 12.7 Å². The highest BCUT2D eigenvalue weighted by Crippen LogP contribution is 2.26. The second-order valence-electron chi connectivity index (χ2n) is 10.8. The van der Waals surface area contributed by atoms with Gasteiger partial charge in [0.15, 0.2) is 5.78 Å². The molecule has 8 nitrogen and oxygen atoms in total. The molecule has 4 rings (SSSR count). The van der Waals surface area contributed by atoms with E-state index in [0.717, 1.165) is 24.8 Å². The Balaban J connectivity index is 1.50. The van der Waals surface area contributed by atoms with Gasteiger partial charge in [0, 0.05) is 30.5 Å². The predicted molar refractivity (Wildman–Crippen MR) is 152 cm³/mol. The molecular weight excluding hydrogens is 531 g/mol. The monoisotopic (exact) mass is 568 g/mol. The number of rotatable bonds is 11. The summed E-state index contributed by atoms with van der Waals surface area (Å²) in [5.41, 5.74) is 2.24. The van der Waals surface area contributed by atoms with E-state index in [4.69, 9.17) is 0 Å². The number of imidazole rings is 1. The average Bonchev–Trinajstić information content (AvgIpc) is 3.39. The number of sulfonamides is 1. The smallest absolute Gasteiger partial charge is 0.224 e. The van der Waals surface area contributed by atoms with Gasteiger partial charge in [-0.25, -0.2) is 22.5 Å². The maximum absolute atomic E-state index is 14.5. The molecule has 40 heavy (non-hydrogen) atoms. The highest BCUT2D eigenvalue weighted by atomic mass is 32.2. The van der Waals surface area contributed by atoms with Gasteiger partial charge in [0.2, 0.25) is 15.9 Å². The lowest BCUT2D eigenvalue weighted by atomic mass is 9.97. The van der Waals surface area contributed by atoms with Crippen LogP contribution in [0.3, 0.4) is 0 Å². The number of benzene rings is 2. The Bertz CT molecular complexity index is 1440. The van der Waals surface area contributed by atoms with Crippen molar-refractivity contribution in [3.8, 4) is 11.3 Å². The molecule has 1 amide bonds. The van der Waals surface area contributed by atoms with Gasteiger partial charge in [0.05, 0.1) is 30.1 Å². The van der Waals surface area contributed by atoms with Crippen LogP contribution in [0.2, 0.25) is 0 Å². The molecule has 2 N–H and O–H groups in total. The Morgan fingerprint density at radius 2 is 1.90 bits per heavy atom. The van der Waals surface area contributed by atoms with Crippen molar-refractivity contribution < 1.29 is 22.4 Å². The molecule has 0 aliphatic carbocycles. The van der Waals surface area contributed by atoms with Gasteiger partial charge < -0.3 is 9.88 Å². The fraction of sp³-hybridized carbons (Fsp3) is 0.433. The second-order valence-corrected chi connectivity index (χ2v) is 12.5. The third-order valence-corrected chi connectivity index (χ3v) is 8.75. The molecule has 3 aromatic rings. The molecule has 2 heterocycles. The molecule has 214 valence electrons. The fourth-order valence-electron chi connectivity index (χ4n) is 5.14. The lowest BCUT2D eigenvalue weighted by Gasteiger charge is -2.34. The van der Waals surface area contributed by atoms with E-state index in [1.807, 2.05) is 6.92 Å². The Morgan fingerprint density at radius 1 is 1.15 bits per heavy atom. The zero-order valence-corrected chi connectivity index (χ0v) is 24.0. The van der Waals surface area contributed by atoms with Crippen molar-refractivity contribution in [3.05, 3.63) is 77.5 Å². The molecule has 1 aliphatic heterocycles. The van der Waals surface area contributed by atoms with Gasteiger partial charge in [-0.05, 0) is 56.4 Å². The number of aromatic amines is 1. The summed E-state index contributed by atoms with van der Waals surface area (Å²) in [6, 6.07) is 12.4. The number of H-pyrrole nitrogens is 1. The molecule has 3 atom stereocenters. The summed E-state index contributed by atoms with van der Waals surface area (Å²) in [4.78, 5) is 35.9. The van der Waals surface area contributed by atoms with Crippen LogP contribution in [0.25, 0.3) is 11.3 Å². The number of halogens is 1. The van der Waals surface area contributed by atoms with Crippen LogP contribution in [-0.2, 0) is 25.4 Å². The van der Waals surface area contributed by atoms with Crippen molar-refractivity contribution in [2.24, 2.45) is 0 Å². The summed E-state index contributed by atoms with van der Waals surface area (Å²) in [6.07, 6.45) is 4.02. The van der Waals surface area contributed by atoms with Crippen LogP contribution < -0.4 is 4.72 Å². The average molecular weight is 569 g/mol. The van der Waals surface area contributed by atoms with Crippen molar-refractivity contribution in [2.75, 3.05) is 6.54 Å². The van der Waals surface area contributed by atoms with Crippen LogP contribution in [-0.4, -0.2) is 53.6 Å². The van der Waals surface area contributed by atoms with E-state index in [1.165, 1.54) is 12.3 Å². The topological polar surface area (TPSA) is 112 Å². The summed E-state index contributed by atoms with van der Waals surface area (Å²) in [5, 5.41) is 0. The minimum absolute atomic E-state index is 0.0422. The first kappa shape index (κ1) is 29.6. The van der Waals surface area contributed by atoms with Crippen LogP contribution in [0.5, 0.6) is 0 Å². The Kier molecular flexibility index (Phi) is 9.52. The van der Waals surface area contributed by atoms with E-state index in [2.05, 4.69) is 14.7 Å². The van der Waals surface area contributed by atoms with Crippen molar-refractivity contribution in [1.82, 2.24) is 19.6 Å². The van der Waals surface area contributed by atoms with Gasteiger partial charge in [-0.1, -0.05) is 43.3 Å². The van der Waals surface area contributed by atoms with E-state index in [1.54, 1.807) is 61.2 Å². The number of Topliss-reactive ketones (excluding diaryl/α,β-unsaturated/α-hetero) is 1. The SMILES string of the molecule is Cc1ccc(-c2cnc([C@H](C)CC(=O)[C@H](CC(=O)N3CCCC[C@@H]3C)NS(=O)(=O)Cc3ccccc3)[nH]2)c(F)c1. The van der Waals surface area contributed by atoms with Crippen LogP contribution >= 0.6 is 0 Å². The lowest BCUT2D eigenvalue weighted by molar-refractivity contribution is -0.137. The number of carbonyl (C=O) groups excluding carboxylic acids is 2. The quantitative estimate of drug-likeness (QED) is 0.343. The number of hydrogen-bond acceptors (Lipinski definition) is 5. The van der Waals surface area contributed by atoms with Gasteiger partial charge in [-0.3, -0.25) is 9.59 Å². The summed E-state index contributed by atoms with van der Waals surface area (Å²) in [5.74, 6) is -1.26. The number of aromatic nitrogens is 2. The number of aryl methyl sites for hydroxylation is 1.